The van der Waals surface area contributed by atoms with Crippen LogP contribution in [-0.2, 0) is 19.3 Å². The number of anilines is 1. The molecule has 0 aliphatic rings. The lowest BCUT2D eigenvalue weighted by Gasteiger charge is -2.11. The molecule has 0 aliphatic carbocycles. The first-order valence-electron chi connectivity index (χ1n) is 9.81. The number of pyridine rings is 1. The van der Waals surface area contributed by atoms with Gasteiger partial charge in [-0.05, 0) is 24.3 Å². The first kappa shape index (κ1) is 22.9. The third kappa shape index (κ3) is 4.45. The second-order valence-electron chi connectivity index (χ2n) is 7.03. The van der Waals surface area contributed by atoms with Crippen LogP contribution in [0, 0.1) is 0 Å². The number of alkyl halides is 3. The van der Waals surface area contributed by atoms with Gasteiger partial charge in [-0.25, -0.2) is 19.9 Å². The number of halogens is 3. The molecule has 1 amide bonds. The number of amides is 1. The summed E-state index contributed by atoms with van der Waals surface area (Å²) < 4.78 is 50.4. The summed E-state index contributed by atoms with van der Waals surface area (Å²) in [4.78, 5) is 28.4. The van der Waals surface area contributed by atoms with Gasteiger partial charge in [0, 0.05) is 35.5 Å². The summed E-state index contributed by atoms with van der Waals surface area (Å²) >= 11 is 0. The van der Waals surface area contributed by atoms with E-state index in [-0.39, 0.29) is 47.6 Å². The number of rotatable bonds is 6. The fourth-order valence-corrected chi connectivity index (χ4v) is 3.21. The van der Waals surface area contributed by atoms with Crippen LogP contribution in [0.5, 0.6) is 5.75 Å². The number of hydrogen-bond acceptors (Lipinski definition) is 9. The summed E-state index contributed by atoms with van der Waals surface area (Å²) in [6.45, 7) is -0.0355. The maximum Gasteiger partial charge on any atom is 0.433 e. The number of nitrogens with two attached hydrogens (primary N) is 2. The van der Waals surface area contributed by atoms with E-state index in [4.69, 9.17) is 20.6 Å². The molecule has 4 aromatic rings. The van der Waals surface area contributed by atoms with Crippen LogP contribution in [0.4, 0.5) is 19.1 Å². The van der Waals surface area contributed by atoms with E-state index in [0.29, 0.717) is 16.5 Å². The van der Waals surface area contributed by atoms with E-state index in [0.717, 1.165) is 6.07 Å². The number of carbonyl (C=O) groups is 1. The van der Waals surface area contributed by atoms with Gasteiger partial charge in [-0.15, -0.1) is 0 Å². The summed E-state index contributed by atoms with van der Waals surface area (Å²) in [5.41, 5.74) is 10.9. The number of nitrogens with one attached hydrogen (secondary N) is 1. The summed E-state index contributed by atoms with van der Waals surface area (Å²) in [5, 5.41) is 2.95. The van der Waals surface area contributed by atoms with Crippen molar-refractivity contribution in [2.75, 3.05) is 12.8 Å². The zero-order valence-corrected chi connectivity index (χ0v) is 17.7. The predicted molar refractivity (Wildman–Crippen MR) is 114 cm³/mol. The lowest BCUT2D eigenvalue weighted by atomic mass is 10.1. The van der Waals surface area contributed by atoms with E-state index >= 15 is 0 Å². The monoisotopic (exact) mass is 473 g/mol. The van der Waals surface area contributed by atoms with Gasteiger partial charge >= 0.3 is 6.18 Å². The lowest BCUT2D eigenvalue weighted by Crippen LogP contribution is -2.24. The highest BCUT2D eigenvalue weighted by atomic mass is 19.4. The Hall–Kier alpha value is -4.26. The minimum Gasteiger partial charge on any atom is -0.494 e. The normalized spacial score (nSPS) is 11.6. The van der Waals surface area contributed by atoms with Crippen LogP contribution in [0.25, 0.3) is 22.4 Å². The topological polar surface area (TPSA) is 155 Å². The highest BCUT2D eigenvalue weighted by Crippen LogP contribution is 2.36. The minimum absolute atomic E-state index is 0.00405. The van der Waals surface area contributed by atoms with Crippen LogP contribution in [0.2, 0.25) is 0 Å². The average Bonchev–Trinajstić information content (AvgIpc) is 3.26. The van der Waals surface area contributed by atoms with E-state index in [1.54, 1.807) is 6.07 Å². The molecule has 0 fully saturated rings. The minimum atomic E-state index is -4.63. The van der Waals surface area contributed by atoms with Gasteiger partial charge in [-0.3, -0.25) is 4.79 Å². The van der Waals surface area contributed by atoms with Gasteiger partial charge < -0.3 is 25.9 Å². The summed E-state index contributed by atoms with van der Waals surface area (Å²) in [6, 6.07) is 5.09. The number of ether oxygens (including phenoxy) is 1. The van der Waals surface area contributed by atoms with Crippen LogP contribution in [0.15, 0.2) is 41.1 Å². The van der Waals surface area contributed by atoms with Crippen molar-refractivity contribution >= 4 is 22.8 Å². The Morgan fingerprint density at radius 2 is 1.88 bits per heavy atom. The molecule has 5 N–H and O–H groups in total. The molecule has 34 heavy (non-hydrogen) atoms. The fourth-order valence-electron chi connectivity index (χ4n) is 3.21. The van der Waals surface area contributed by atoms with E-state index < -0.39 is 17.8 Å². The second-order valence-corrected chi connectivity index (χ2v) is 7.03. The highest BCUT2D eigenvalue weighted by molar-refractivity contribution is 5.98. The highest BCUT2D eigenvalue weighted by Gasteiger charge is 2.33. The smallest absolute Gasteiger partial charge is 0.433 e. The second kappa shape index (κ2) is 8.94. The van der Waals surface area contributed by atoms with Crippen molar-refractivity contribution < 1.29 is 27.1 Å². The molecule has 3 heterocycles. The Bertz CT molecular complexity index is 1350. The number of fused-ring (bicyclic) bond motifs is 1. The molecule has 176 valence electrons. The fraction of sp³-hybridized carbons (Fsp3) is 0.190. The van der Waals surface area contributed by atoms with Crippen LogP contribution in [0.3, 0.4) is 0 Å². The SMILES string of the molecule is COc1ccc(-c2nc(C(=O)NCc3cnc(N)nc3)c(CN)o2)c2ccc(C(F)(F)F)nc12. The lowest BCUT2D eigenvalue weighted by molar-refractivity contribution is -0.140. The molecular weight excluding hydrogens is 455 g/mol. The van der Waals surface area contributed by atoms with Crippen LogP contribution in [-0.4, -0.2) is 33.0 Å². The first-order valence-corrected chi connectivity index (χ1v) is 9.81. The van der Waals surface area contributed by atoms with Crippen LogP contribution < -0.4 is 21.5 Å². The van der Waals surface area contributed by atoms with Gasteiger partial charge in [0.1, 0.15) is 17.0 Å². The predicted octanol–water partition coefficient (Wildman–Crippen LogP) is 2.68. The largest absolute Gasteiger partial charge is 0.494 e. The number of nitrogen functional groups attached to an aromatic ring is 1. The number of oxazole rings is 1. The molecule has 0 atom stereocenters. The number of carbonyl (C=O) groups excluding carboxylic acids is 1. The molecule has 0 spiro atoms. The van der Waals surface area contributed by atoms with Gasteiger partial charge in [0.05, 0.1) is 13.7 Å². The van der Waals surface area contributed by atoms with Crippen molar-refractivity contribution in [2.45, 2.75) is 19.3 Å². The third-order valence-electron chi connectivity index (χ3n) is 4.84. The molecule has 4 rings (SSSR count). The van der Waals surface area contributed by atoms with Gasteiger partial charge in [-0.1, -0.05) is 0 Å². The van der Waals surface area contributed by atoms with Crippen LogP contribution in [0.1, 0.15) is 27.5 Å². The summed E-state index contributed by atoms with van der Waals surface area (Å²) in [7, 11) is 1.32. The van der Waals surface area contributed by atoms with Crippen molar-refractivity contribution in [3.8, 4) is 17.2 Å². The standard InChI is InChI=1S/C21H18F3N7O3/c1-33-13-4-2-12(11-3-5-15(21(22,23)24)30-16(11)13)19-31-17(14(6-25)34-19)18(32)27-7-10-8-28-20(26)29-9-10/h2-5,8-9H,6-7,25H2,1H3,(H,27,32)(H2,26,28,29). The Kier molecular flexibility index (Phi) is 6.03. The molecule has 0 radical (unpaired) electrons. The van der Waals surface area contributed by atoms with Gasteiger partial charge in [-0.2, -0.15) is 13.2 Å². The Balaban J connectivity index is 1.70. The maximum atomic E-state index is 13.2. The molecular formula is C21H18F3N7O3. The Labute approximate surface area is 190 Å². The number of aromatic nitrogens is 4. The number of benzene rings is 1. The number of methoxy groups -OCH3 is 1. The summed E-state index contributed by atoms with van der Waals surface area (Å²) in [5.74, 6) is -0.229. The number of nitrogens with zero attached hydrogens (tertiary/aromatic N) is 4. The molecule has 10 nitrogen and oxygen atoms in total. The van der Waals surface area contributed by atoms with E-state index in [2.05, 4.69) is 25.3 Å². The third-order valence-corrected chi connectivity index (χ3v) is 4.84. The number of hydrogen-bond donors (Lipinski definition) is 3. The molecule has 3 aromatic heterocycles. The zero-order chi connectivity index (χ0) is 24.5. The molecule has 0 saturated carbocycles. The van der Waals surface area contributed by atoms with Crippen molar-refractivity contribution in [2.24, 2.45) is 5.73 Å². The van der Waals surface area contributed by atoms with Crippen LogP contribution >= 0.6 is 0 Å². The molecule has 0 aliphatic heterocycles. The first-order chi connectivity index (χ1) is 16.2. The molecule has 0 bridgehead atoms. The van der Waals surface area contributed by atoms with Gasteiger partial charge in [0.25, 0.3) is 5.91 Å². The van der Waals surface area contributed by atoms with Crippen molar-refractivity contribution in [3.05, 3.63) is 59.4 Å². The molecule has 1 aromatic carbocycles. The van der Waals surface area contributed by atoms with Gasteiger partial charge in [0.15, 0.2) is 11.5 Å². The molecule has 13 heteroatoms. The molecule has 0 saturated heterocycles. The van der Waals surface area contributed by atoms with Crippen molar-refractivity contribution in [1.82, 2.24) is 25.3 Å². The Morgan fingerprint density at radius 3 is 2.53 bits per heavy atom. The summed E-state index contributed by atoms with van der Waals surface area (Å²) in [6.07, 6.45) is -1.70. The van der Waals surface area contributed by atoms with E-state index in [1.165, 1.54) is 31.6 Å². The van der Waals surface area contributed by atoms with E-state index in [1.807, 2.05) is 0 Å². The Morgan fingerprint density at radius 1 is 1.15 bits per heavy atom. The van der Waals surface area contributed by atoms with E-state index in [9.17, 15) is 18.0 Å². The molecule has 0 unspecified atom stereocenters. The maximum absolute atomic E-state index is 13.2. The zero-order valence-electron chi connectivity index (χ0n) is 17.7. The van der Waals surface area contributed by atoms with Crippen molar-refractivity contribution in [3.63, 3.8) is 0 Å². The van der Waals surface area contributed by atoms with Gasteiger partial charge in [0.2, 0.25) is 11.8 Å². The van der Waals surface area contributed by atoms with Crippen molar-refractivity contribution in [1.29, 1.82) is 0 Å². The quantitative estimate of drug-likeness (QED) is 0.383. The average molecular weight is 473 g/mol.